The molecule has 4 rings (SSSR count). The van der Waals surface area contributed by atoms with E-state index in [2.05, 4.69) is 26.9 Å². The van der Waals surface area contributed by atoms with E-state index in [4.69, 9.17) is 4.74 Å². The fraction of sp³-hybridized carbons (Fsp3) is 0.545. The third-order valence-electron chi connectivity index (χ3n) is 6.31. The Morgan fingerprint density at radius 2 is 2.10 bits per heavy atom. The zero-order valence-electron chi connectivity index (χ0n) is 17.9. The average molecular weight is 449 g/mol. The molecule has 3 heterocycles. The Morgan fingerprint density at radius 1 is 1.32 bits per heavy atom. The van der Waals surface area contributed by atoms with Crippen molar-refractivity contribution in [2.45, 2.75) is 75.0 Å². The van der Waals surface area contributed by atoms with Crippen molar-refractivity contribution in [3.8, 4) is 5.88 Å². The highest BCUT2D eigenvalue weighted by Gasteiger charge is 2.37. The summed E-state index contributed by atoms with van der Waals surface area (Å²) in [5.41, 5.74) is 0.997. The topological polar surface area (TPSA) is 93.2 Å². The molecule has 9 heteroatoms. The fourth-order valence-corrected chi connectivity index (χ4v) is 5.39. The maximum atomic E-state index is 14.9. The van der Waals surface area contributed by atoms with E-state index in [0.717, 1.165) is 43.4 Å². The SMILES string of the molecule is CCC1CCc2cc(NS(=O)(=O)c3ccc(C4(F)CCCC4)nc3)c(OC)nc2CN1. The molecule has 2 aromatic rings. The van der Waals surface area contributed by atoms with Crippen LogP contribution in [-0.4, -0.2) is 31.5 Å². The summed E-state index contributed by atoms with van der Waals surface area (Å²) in [5, 5.41) is 3.47. The van der Waals surface area contributed by atoms with Crippen molar-refractivity contribution in [3.63, 3.8) is 0 Å². The molecule has 0 bridgehead atoms. The smallest absolute Gasteiger partial charge is 0.263 e. The van der Waals surface area contributed by atoms with Gasteiger partial charge in [0.15, 0.2) is 5.67 Å². The molecule has 0 aromatic carbocycles. The second-order valence-corrected chi connectivity index (χ2v) is 10.0. The summed E-state index contributed by atoms with van der Waals surface area (Å²) in [4.78, 5) is 8.65. The zero-order chi connectivity index (χ0) is 22.1. The lowest BCUT2D eigenvalue weighted by Gasteiger charge is -2.18. The van der Waals surface area contributed by atoms with Crippen molar-refractivity contribution >= 4 is 15.7 Å². The van der Waals surface area contributed by atoms with Gasteiger partial charge in [0.1, 0.15) is 10.6 Å². The van der Waals surface area contributed by atoms with Gasteiger partial charge in [-0.05, 0) is 68.7 Å². The molecule has 1 unspecified atom stereocenters. The van der Waals surface area contributed by atoms with E-state index < -0.39 is 15.7 Å². The van der Waals surface area contributed by atoms with Crippen molar-refractivity contribution in [1.82, 2.24) is 15.3 Å². The molecule has 2 N–H and O–H groups in total. The van der Waals surface area contributed by atoms with E-state index in [1.165, 1.54) is 25.4 Å². The number of rotatable bonds is 6. The first kappa shape index (κ1) is 22.0. The molecule has 2 aliphatic rings. The number of hydrogen-bond acceptors (Lipinski definition) is 6. The van der Waals surface area contributed by atoms with Crippen LogP contribution in [0, 0.1) is 0 Å². The van der Waals surface area contributed by atoms with Crippen molar-refractivity contribution in [2.24, 2.45) is 0 Å². The summed E-state index contributed by atoms with van der Waals surface area (Å²) in [5.74, 6) is 0.220. The summed E-state index contributed by atoms with van der Waals surface area (Å²) < 4.78 is 48.8. The van der Waals surface area contributed by atoms with Crippen LogP contribution in [-0.2, 0) is 28.7 Å². The Morgan fingerprint density at radius 3 is 2.74 bits per heavy atom. The first-order valence-electron chi connectivity index (χ1n) is 10.8. The maximum absolute atomic E-state index is 14.9. The number of anilines is 1. The molecule has 1 fully saturated rings. The number of nitrogens with one attached hydrogen (secondary N) is 2. The lowest BCUT2D eigenvalue weighted by molar-refractivity contribution is 0.168. The number of nitrogens with zero attached hydrogens (tertiary/aromatic N) is 2. The summed E-state index contributed by atoms with van der Waals surface area (Å²) in [6.07, 6.45) is 6.50. The minimum atomic E-state index is -3.93. The molecule has 1 atom stereocenters. The Balaban J connectivity index is 1.58. The van der Waals surface area contributed by atoms with E-state index in [-0.39, 0.29) is 16.5 Å². The molecule has 2 aromatic heterocycles. The third kappa shape index (κ3) is 4.52. The highest BCUT2D eigenvalue weighted by Crippen LogP contribution is 2.41. The number of hydrogen-bond donors (Lipinski definition) is 2. The van der Waals surface area contributed by atoms with Crippen LogP contribution in [0.4, 0.5) is 10.1 Å². The van der Waals surface area contributed by atoms with Gasteiger partial charge in [-0.25, -0.2) is 17.8 Å². The molecule has 1 saturated carbocycles. The predicted octanol–water partition coefficient (Wildman–Crippen LogP) is 3.84. The van der Waals surface area contributed by atoms with Gasteiger partial charge in [-0.2, -0.15) is 0 Å². The predicted molar refractivity (Wildman–Crippen MR) is 116 cm³/mol. The van der Waals surface area contributed by atoms with Crippen LogP contribution in [0.5, 0.6) is 5.88 Å². The molecule has 1 aliphatic carbocycles. The minimum absolute atomic E-state index is 0.0254. The molecule has 0 amide bonds. The number of methoxy groups -OCH3 is 1. The first-order valence-corrected chi connectivity index (χ1v) is 12.3. The average Bonchev–Trinajstić information content (AvgIpc) is 3.12. The Kier molecular flexibility index (Phi) is 6.16. The number of ether oxygens (including phenoxy) is 1. The van der Waals surface area contributed by atoms with Crippen LogP contribution in [0.1, 0.15) is 62.4 Å². The number of alkyl halides is 1. The van der Waals surface area contributed by atoms with Crippen LogP contribution in [0.15, 0.2) is 29.3 Å². The Bertz CT molecular complexity index is 1040. The van der Waals surface area contributed by atoms with E-state index in [1.54, 1.807) is 6.07 Å². The standard InChI is InChI=1S/C22H29FN4O3S/c1-3-16-7-6-15-12-18(21(30-2)26-19(15)14-24-16)27-31(28,29)17-8-9-20(25-13-17)22(23)10-4-5-11-22/h8-9,12-13,16,24,27H,3-7,10-11,14H2,1-2H3. The van der Waals surface area contributed by atoms with Gasteiger partial charge in [-0.15, -0.1) is 0 Å². The molecule has 0 saturated heterocycles. The van der Waals surface area contributed by atoms with Crippen LogP contribution in [0.25, 0.3) is 0 Å². The second-order valence-electron chi connectivity index (χ2n) is 8.33. The van der Waals surface area contributed by atoms with Crippen LogP contribution >= 0.6 is 0 Å². The molecule has 1 aliphatic heterocycles. The van der Waals surface area contributed by atoms with Crippen molar-refractivity contribution < 1.29 is 17.5 Å². The zero-order valence-corrected chi connectivity index (χ0v) is 18.8. The van der Waals surface area contributed by atoms with Gasteiger partial charge in [0.25, 0.3) is 10.0 Å². The minimum Gasteiger partial charge on any atom is -0.479 e. The number of halogens is 1. The molecule has 0 spiro atoms. The van der Waals surface area contributed by atoms with Crippen LogP contribution in [0.2, 0.25) is 0 Å². The normalized spacial score (nSPS) is 20.7. The van der Waals surface area contributed by atoms with Gasteiger partial charge < -0.3 is 10.1 Å². The number of sulfonamides is 1. The van der Waals surface area contributed by atoms with E-state index in [1.807, 2.05) is 0 Å². The van der Waals surface area contributed by atoms with Gasteiger partial charge in [0.2, 0.25) is 5.88 Å². The molecule has 7 nitrogen and oxygen atoms in total. The van der Waals surface area contributed by atoms with E-state index in [0.29, 0.717) is 31.1 Å². The molecular formula is C22H29FN4O3S. The molecular weight excluding hydrogens is 419 g/mol. The molecule has 31 heavy (non-hydrogen) atoms. The van der Waals surface area contributed by atoms with Gasteiger partial charge in [-0.1, -0.05) is 6.92 Å². The van der Waals surface area contributed by atoms with Gasteiger partial charge >= 0.3 is 0 Å². The summed E-state index contributed by atoms with van der Waals surface area (Å²) >= 11 is 0. The van der Waals surface area contributed by atoms with Crippen LogP contribution < -0.4 is 14.8 Å². The van der Waals surface area contributed by atoms with Crippen molar-refractivity contribution in [2.75, 3.05) is 11.8 Å². The maximum Gasteiger partial charge on any atom is 0.263 e. The van der Waals surface area contributed by atoms with Gasteiger partial charge in [0.05, 0.1) is 18.5 Å². The Hall–Kier alpha value is -2.26. The van der Waals surface area contributed by atoms with Crippen LogP contribution in [0.3, 0.4) is 0 Å². The fourth-order valence-electron chi connectivity index (χ4n) is 4.39. The second kappa shape index (κ2) is 8.70. The van der Waals surface area contributed by atoms with Gasteiger partial charge in [-0.3, -0.25) is 9.71 Å². The number of aryl methyl sites for hydroxylation is 1. The quantitative estimate of drug-likeness (QED) is 0.698. The first-order chi connectivity index (χ1) is 14.8. The largest absolute Gasteiger partial charge is 0.479 e. The monoisotopic (exact) mass is 448 g/mol. The lowest BCUT2D eigenvalue weighted by Crippen LogP contribution is -2.26. The highest BCUT2D eigenvalue weighted by molar-refractivity contribution is 7.92. The third-order valence-corrected chi connectivity index (χ3v) is 7.66. The van der Waals surface area contributed by atoms with E-state index in [9.17, 15) is 12.8 Å². The highest BCUT2D eigenvalue weighted by atomic mass is 32.2. The summed E-state index contributed by atoms with van der Waals surface area (Å²) in [7, 11) is -2.47. The van der Waals surface area contributed by atoms with Crippen molar-refractivity contribution in [1.29, 1.82) is 0 Å². The van der Waals surface area contributed by atoms with Gasteiger partial charge in [0, 0.05) is 18.8 Å². The number of aromatic nitrogens is 2. The van der Waals surface area contributed by atoms with E-state index >= 15 is 0 Å². The summed E-state index contributed by atoms with van der Waals surface area (Å²) in [6.45, 7) is 2.76. The number of fused-ring (bicyclic) bond motifs is 1. The number of pyridine rings is 2. The molecule has 0 radical (unpaired) electrons. The van der Waals surface area contributed by atoms with Crippen molar-refractivity contribution in [3.05, 3.63) is 41.3 Å². The molecule has 168 valence electrons. The Labute approximate surface area is 182 Å². The lowest BCUT2D eigenvalue weighted by atomic mass is 10.00. The summed E-state index contributed by atoms with van der Waals surface area (Å²) in [6, 6.07) is 5.09.